The topological polar surface area (TPSA) is 38.0 Å². The van der Waals surface area contributed by atoms with E-state index in [1.54, 1.807) is 0 Å². The van der Waals surface area contributed by atoms with E-state index < -0.39 is 0 Å². The minimum atomic E-state index is 0.255. The lowest BCUT2D eigenvalue weighted by Gasteiger charge is -2.08. The maximum Gasteiger partial charge on any atom is 0.0354 e. The molecular formula is C8H14N2. The van der Waals surface area contributed by atoms with Gasteiger partial charge in [0.1, 0.15) is 0 Å². The zero-order valence-electron chi connectivity index (χ0n) is 6.35. The molecule has 56 valence electrons. The summed E-state index contributed by atoms with van der Waals surface area (Å²) >= 11 is 0. The number of rotatable bonds is 4. The maximum atomic E-state index is 5.23. The molecule has 3 N–H and O–H groups in total. The van der Waals surface area contributed by atoms with Gasteiger partial charge in [0.2, 0.25) is 0 Å². The van der Waals surface area contributed by atoms with Crippen molar-refractivity contribution in [2.75, 3.05) is 0 Å². The minimum Gasteiger partial charge on any atom is -0.271 e. The number of nitrogens with one attached hydrogen (secondary N) is 1. The van der Waals surface area contributed by atoms with Crippen LogP contribution >= 0.6 is 0 Å². The van der Waals surface area contributed by atoms with Crippen LogP contribution in [0.2, 0.25) is 0 Å². The van der Waals surface area contributed by atoms with Gasteiger partial charge in [-0.25, -0.2) is 0 Å². The van der Waals surface area contributed by atoms with Crippen molar-refractivity contribution in [2.24, 2.45) is 5.84 Å². The van der Waals surface area contributed by atoms with Gasteiger partial charge in [-0.1, -0.05) is 6.08 Å². The molecule has 0 saturated carbocycles. The second-order valence-electron chi connectivity index (χ2n) is 2.02. The number of hydrazine groups is 1. The second kappa shape index (κ2) is 6.34. The molecule has 1 atom stereocenters. The zero-order chi connectivity index (χ0) is 7.82. The molecule has 0 aliphatic heterocycles. The van der Waals surface area contributed by atoms with Crippen molar-refractivity contribution in [2.45, 2.75) is 25.8 Å². The molecule has 0 aliphatic rings. The highest BCUT2D eigenvalue weighted by atomic mass is 15.2. The Bertz CT molecular complexity index is 141. The Hall–Kier alpha value is -0.780. The minimum absolute atomic E-state index is 0.255. The van der Waals surface area contributed by atoms with Crippen LogP contribution in [0.1, 0.15) is 19.8 Å². The third-order valence-electron chi connectivity index (χ3n) is 1.21. The summed E-state index contributed by atoms with van der Waals surface area (Å²) in [6.07, 6.45) is 3.49. The monoisotopic (exact) mass is 138 g/mol. The first kappa shape index (κ1) is 9.22. The molecule has 1 unspecified atom stereocenters. The van der Waals surface area contributed by atoms with E-state index in [1.807, 2.05) is 13.0 Å². The Kier molecular flexibility index (Phi) is 5.85. The van der Waals surface area contributed by atoms with Crippen LogP contribution in [0.25, 0.3) is 0 Å². The highest BCUT2D eigenvalue weighted by Crippen LogP contribution is 1.94. The Morgan fingerprint density at radius 2 is 2.50 bits per heavy atom. The highest BCUT2D eigenvalue weighted by Gasteiger charge is 1.99. The molecule has 0 saturated heterocycles. The van der Waals surface area contributed by atoms with Crippen LogP contribution in [0.3, 0.4) is 0 Å². The number of nitrogens with two attached hydrogens (primary N) is 1. The lowest BCUT2D eigenvalue weighted by atomic mass is 10.1. The van der Waals surface area contributed by atoms with E-state index >= 15 is 0 Å². The molecule has 2 heteroatoms. The molecule has 0 bridgehead atoms. The summed E-state index contributed by atoms with van der Waals surface area (Å²) in [7, 11) is 0. The Morgan fingerprint density at radius 1 is 1.80 bits per heavy atom. The lowest BCUT2D eigenvalue weighted by molar-refractivity contribution is 0.545. The first-order chi connectivity index (χ1) is 4.85. The standard InChI is InChI=1S/C8H14N2/c1-3-5-7-8(10-9)6-4-2/h4,8,10H,2,6-7,9H2,1H3. The van der Waals surface area contributed by atoms with E-state index in [9.17, 15) is 0 Å². The van der Waals surface area contributed by atoms with Gasteiger partial charge < -0.3 is 0 Å². The Morgan fingerprint density at radius 3 is 2.90 bits per heavy atom. The van der Waals surface area contributed by atoms with Gasteiger partial charge in [-0.2, -0.15) is 0 Å². The van der Waals surface area contributed by atoms with Crippen LogP contribution in [0.4, 0.5) is 0 Å². The van der Waals surface area contributed by atoms with Gasteiger partial charge in [0.25, 0.3) is 0 Å². The molecule has 0 aromatic heterocycles. The van der Waals surface area contributed by atoms with E-state index in [1.165, 1.54) is 0 Å². The first-order valence-electron chi connectivity index (χ1n) is 3.31. The van der Waals surface area contributed by atoms with Crippen molar-refractivity contribution in [3.63, 3.8) is 0 Å². The summed E-state index contributed by atoms with van der Waals surface area (Å²) in [6.45, 7) is 5.43. The summed E-state index contributed by atoms with van der Waals surface area (Å²) in [5, 5.41) is 0. The summed E-state index contributed by atoms with van der Waals surface area (Å²) in [6, 6.07) is 0.255. The van der Waals surface area contributed by atoms with Gasteiger partial charge in [-0.3, -0.25) is 11.3 Å². The van der Waals surface area contributed by atoms with E-state index in [-0.39, 0.29) is 6.04 Å². The smallest absolute Gasteiger partial charge is 0.0354 e. The zero-order valence-corrected chi connectivity index (χ0v) is 6.35. The average Bonchev–Trinajstić information content (AvgIpc) is 1.98. The second-order valence-corrected chi connectivity index (χ2v) is 2.02. The van der Waals surface area contributed by atoms with E-state index in [0.29, 0.717) is 0 Å². The molecule has 10 heavy (non-hydrogen) atoms. The fraction of sp³-hybridized carbons (Fsp3) is 0.500. The van der Waals surface area contributed by atoms with Crippen LogP contribution in [0, 0.1) is 11.8 Å². The van der Waals surface area contributed by atoms with Gasteiger partial charge in [0.05, 0.1) is 0 Å². The van der Waals surface area contributed by atoms with Gasteiger partial charge >= 0.3 is 0 Å². The number of hydrogen-bond donors (Lipinski definition) is 2. The molecule has 2 nitrogen and oxygen atoms in total. The third-order valence-corrected chi connectivity index (χ3v) is 1.21. The van der Waals surface area contributed by atoms with Gasteiger partial charge in [0.15, 0.2) is 0 Å². The van der Waals surface area contributed by atoms with Crippen LogP contribution in [-0.2, 0) is 0 Å². The average molecular weight is 138 g/mol. The third kappa shape index (κ3) is 4.13. The molecular weight excluding hydrogens is 124 g/mol. The molecule has 0 aromatic rings. The van der Waals surface area contributed by atoms with Gasteiger partial charge in [-0.15, -0.1) is 18.4 Å². The van der Waals surface area contributed by atoms with E-state index in [2.05, 4.69) is 23.8 Å². The largest absolute Gasteiger partial charge is 0.271 e. The van der Waals surface area contributed by atoms with Crippen LogP contribution < -0.4 is 11.3 Å². The molecule has 0 fully saturated rings. The molecule has 0 rings (SSSR count). The Balaban J connectivity index is 3.55. The molecule has 0 amide bonds. The number of hydrogen-bond acceptors (Lipinski definition) is 2. The molecule has 0 aromatic carbocycles. The van der Waals surface area contributed by atoms with Crippen molar-refractivity contribution >= 4 is 0 Å². The maximum absolute atomic E-state index is 5.23. The molecule has 0 aliphatic carbocycles. The fourth-order valence-electron chi connectivity index (χ4n) is 0.637. The van der Waals surface area contributed by atoms with Crippen molar-refractivity contribution in [1.29, 1.82) is 0 Å². The molecule has 0 heterocycles. The lowest BCUT2D eigenvalue weighted by Crippen LogP contribution is -2.34. The van der Waals surface area contributed by atoms with Gasteiger partial charge in [0, 0.05) is 12.5 Å². The highest BCUT2D eigenvalue weighted by molar-refractivity contribution is 4.98. The first-order valence-corrected chi connectivity index (χ1v) is 3.31. The van der Waals surface area contributed by atoms with Crippen molar-refractivity contribution < 1.29 is 0 Å². The van der Waals surface area contributed by atoms with Gasteiger partial charge in [-0.05, 0) is 13.3 Å². The van der Waals surface area contributed by atoms with E-state index in [0.717, 1.165) is 12.8 Å². The normalized spacial score (nSPS) is 11.4. The van der Waals surface area contributed by atoms with E-state index in [4.69, 9.17) is 5.84 Å². The molecule has 0 radical (unpaired) electrons. The van der Waals surface area contributed by atoms with Crippen LogP contribution in [-0.4, -0.2) is 6.04 Å². The summed E-state index contributed by atoms with van der Waals surface area (Å²) in [5.41, 5.74) is 2.66. The summed E-state index contributed by atoms with van der Waals surface area (Å²) < 4.78 is 0. The molecule has 0 spiro atoms. The Labute approximate surface area is 62.5 Å². The SMILES string of the molecule is C=CCC(CC#CC)NN. The van der Waals surface area contributed by atoms with Crippen molar-refractivity contribution in [3.05, 3.63) is 12.7 Å². The predicted octanol–water partition coefficient (Wildman–Crippen LogP) is 0.808. The summed E-state index contributed by atoms with van der Waals surface area (Å²) in [5.74, 6) is 11.0. The quantitative estimate of drug-likeness (QED) is 0.261. The predicted molar refractivity (Wildman–Crippen MR) is 44.0 cm³/mol. The fourth-order valence-corrected chi connectivity index (χ4v) is 0.637. The van der Waals surface area contributed by atoms with Crippen LogP contribution in [0.5, 0.6) is 0 Å². The van der Waals surface area contributed by atoms with Crippen molar-refractivity contribution in [3.8, 4) is 11.8 Å². The van der Waals surface area contributed by atoms with Crippen molar-refractivity contribution in [1.82, 2.24) is 5.43 Å². The summed E-state index contributed by atoms with van der Waals surface area (Å²) in [4.78, 5) is 0. The van der Waals surface area contributed by atoms with Crippen LogP contribution in [0.15, 0.2) is 12.7 Å².